The molecule has 0 aliphatic rings. The smallest absolute Gasteiger partial charge is 0.328 e. The summed E-state index contributed by atoms with van der Waals surface area (Å²) in [5.74, 6) is 1.29. The minimum absolute atomic E-state index is 0.00196. The number of aryl methyl sites for hydroxylation is 2. The average Bonchev–Trinajstić information content (AvgIpc) is 3.00. The number of hydrogen-bond donors (Lipinski definition) is 0. The fraction of sp³-hybridized carbons (Fsp3) is 0.364. The van der Waals surface area contributed by atoms with Gasteiger partial charge in [-0.3, -0.25) is 13.9 Å². The molecule has 0 saturated heterocycles. The molecule has 1 heterocycles. The second kappa shape index (κ2) is 8.86. The van der Waals surface area contributed by atoms with Gasteiger partial charge in [-0.2, -0.15) is 0 Å². The van der Waals surface area contributed by atoms with Crippen LogP contribution in [0.15, 0.2) is 47.3 Å². The molecule has 3 aromatic rings. The van der Waals surface area contributed by atoms with E-state index in [0.717, 1.165) is 16.6 Å². The SMILES string of the molecule is CCN(Cc1ccc(OC)c(OC)c1)C(=O)CCn1c(=O)n(C)c2ccccc21. The van der Waals surface area contributed by atoms with Crippen molar-refractivity contribution in [3.63, 3.8) is 0 Å². The van der Waals surface area contributed by atoms with Crippen molar-refractivity contribution < 1.29 is 14.3 Å². The van der Waals surface area contributed by atoms with Gasteiger partial charge in [0, 0.05) is 33.1 Å². The van der Waals surface area contributed by atoms with E-state index in [1.54, 1.807) is 35.3 Å². The van der Waals surface area contributed by atoms with Crippen LogP contribution in [-0.4, -0.2) is 40.7 Å². The molecule has 3 rings (SSSR count). The molecule has 0 N–H and O–H groups in total. The van der Waals surface area contributed by atoms with Crippen LogP contribution in [0.25, 0.3) is 11.0 Å². The maximum Gasteiger partial charge on any atom is 0.328 e. The van der Waals surface area contributed by atoms with Crippen LogP contribution in [0.1, 0.15) is 18.9 Å². The molecule has 0 atom stereocenters. The number of methoxy groups -OCH3 is 2. The third kappa shape index (κ3) is 4.13. The molecular formula is C22H27N3O4. The summed E-state index contributed by atoms with van der Waals surface area (Å²) in [6, 6.07) is 13.3. The molecule has 7 heteroatoms. The first-order valence-electron chi connectivity index (χ1n) is 9.63. The van der Waals surface area contributed by atoms with Gasteiger partial charge in [-0.15, -0.1) is 0 Å². The summed E-state index contributed by atoms with van der Waals surface area (Å²) in [5, 5.41) is 0. The fourth-order valence-corrected chi connectivity index (χ4v) is 3.52. The summed E-state index contributed by atoms with van der Waals surface area (Å²) < 4.78 is 13.9. The van der Waals surface area contributed by atoms with Crippen molar-refractivity contribution in [2.24, 2.45) is 7.05 Å². The number of carbonyl (C=O) groups excluding carboxylic acids is 1. The molecule has 0 bridgehead atoms. The topological polar surface area (TPSA) is 65.7 Å². The molecule has 29 heavy (non-hydrogen) atoms. The van der Waals surface area contributed by atoms with Gasteiger partial charge in [-0.05, 0) is 36.8 Å². The normalized spacial score (nSPS) is 10.9. The third-order valence-corrected chi connectivity index (χ3v) is 5.16. The van der Waals surface area contributed by atoms with Gasteiger partial charge in [-0.25, -0.2) is 4.79 Å². The monoisotopic (exact) mass is 397 g/mol. The number of rotatable bonds is 8. The summed E-state index contributed by atoms with van der Waals surface area (Å²) in [6.07, 6.45) is 0.259. The fourth-order valence-electron chi connectivity index (χ4n) is 3.52. The number of carbonyl (C=O) groups is 1. The Morgan fingerprint density at radius 1 is 1.03 bits per heavy atom. The first-order chi connectivity index (χ1) is 14.0. The predicted octanol–water partition coefficient (Wildman–Crippen LogP) is 2.80. The van der Waals surface area contributed by atoms with Gasteiger partial charge in [0.15, 0.2) is 11.5 Å². The minimum Gasteiger partial charge on any atom is -0.493 e. The summed E-state index contributed by atoms with van der Waals surface area (Å²) in [4.78, 5) is 27.1. The average molecular weight is 397 g/mol. The Kier molecular flexibility index (Phi) is 6.26. The summed E-state index contributed by atoms with van der Waals surface area (Å²) in [6.45, 7) is 3.35. The Morgan fingerprint density at radius 2 is 1.72 bits per heavy atom. The van der Waals surface area contributed by atoms with E-state index in [4.69, 9.17) is 9.47 Å². The lowest BCUT2D eigenvalue weighted by atomic mass is 10.1. The van der Waals surface area contributed by atoms with E-state index in [-0.39, 0.29) is 18.0 Å². The molecular weight excluding hydrogens is 370 g/mol. The highest BCUT2D eigenvalue weighted by molar-refractivity contribution is 5.78. The summed E-state index contributed by atoms with van der Waals surface area (Å²) in [5.41, 5.74) is 2.56. The van der Waals surface area contributed by atoms with Crippen LogP contribution in [-0.2, 0) is 24.9 Å². The summed E-state index contributed by atoms with van der Waals surface area (Å²) in [7, 11) is 4.93. The maximum absolute atomic E-state index is 12.8. The van der Waals surface area contributed by atoms with Crippen LogP contribution in [0.2, 0.25) is 0 Å². The van der Waals surface area contributed by atoms with Crippen molar-refractivity contribution in [1.29, 1.82) is 0 Å². The molecule has 7 nitrogen and oxygen atoms in total. The largest absolute Gasteiger partial charge is 0.493 e. The number of nitrogens with zero attached hydrogens (tertiary/aromatic N) is 3. The number of benzene rings is 2. The van der Waals surface area contributed by atoms with E-state index in [0.29, 0.717) is 31.1 Å². The Labute approximate surface area is 170 Å². The van der Waals surface area contributed by atoms with Crippen molar-refractivity contribution in [2.75, 3.05) is 20.8 Å². The third-order valence-electron chi connectivity index (χ3n) is 5.16. The van der Waals surface area contributed by atoms with E-state index >= 15 is 0 Å². The number of para-hydroxylation sites is 2. The standard InChI is InChI=1S/C22H27N3O4/c1-5-24(15-16-10-11-19(28-3)20(14-16)29-4)21(26)12-13-25-18-9-7-6-8-17(18)23(2)22(25)27/h6-11,14H,5,12-13,15H2,1-4H3. The highest BCUT2D eigenvalue weighted by Crippen LogP contribution is 2.28. The zero-order valence-corrected chi connectivity index (χ0v) is 17.3. The Balaban J connectivity index is 1.73. The van der Waals surface area contributed by atoms with Gasteiger partial charge in [0.25, 0.3) is 0 Å². The zero-order chi connectivity index (χ0) is 21.0. The highest BCUT2D eigenvalue weighted by atomic mass is 16.5. The number of fused-ring (bicyclic) bond motifs is 1. The number of imidazole rings is 1. The van der Waals surface area contributed by atoms with Crippen LogP contribution < -0.4 is 15.2 Å². The molecule has 1 aromatic heterocycles. The Hall–Kier alpha value is -3.22. The van der Waals surface area contributed by atoms with Crippen molar-refractivity contribution in [2.45, 2.75) is 26.4 Å². The molecule has 0 unspecified atom stereocenters. The maximum atomic E-state index is 12.8. The Morgan fingerprint density at radius 3 is 2.38 bits per heavy atom. The van der Waals surface area contributed by atoms with Gasteiger partial charge in [0.2, 0.25) is 5.91 Å². The van der Waals surface area contributed by atoms with Crippen molar-refractivity contribution in [3.05, 3.63) is 58.5 Å². The molecule has 0 spiro atoms. The molecule has 0 radical (unpaired) electrons. The van der Waals surface area contributed by atoms with Crippen LogP contribution in [0.3, 0.4) is 0 Å². The molecule has 2 aromatic carbocycles. The number of hydrogen-bond acceptors (Lipinski definition) is 4. The van der Waals surface area contributed by atoms with Gasteiger partial charge < -0.3 is 14.4 Å². The molecule has 0 aliphatic carbocycles. The van der Waals surface area contributed by atoms with Crippen LogP contribution in [0.4, 0.5) is 0 Å². The second-order valence-corrected chi connectivity index (χ2v) is 6.83. The van der Waals surface area contributed by atoms with E-state index in [1.807, 2.05) is 49.4 Å². The van der Waals surface area contributed by atoms with Gasteiger partial charge in [-0.1, -0.05) is 18.2 Å². The first kappa shape index (κ1) is 20.5. The summed E-state index contributed by atoms with van der Waals surface area (Å²) >= 11 is 0. The van der Waals surface area contributed by atoms with Crippen LogP contribution in [0.5, 0.6) is 11.5 Å². The molecule has 1 amide bonds. The second-order valence-electron chi connectivity index (χ2n) is 6.83. The van der Waals surface area contributed by atoms with E-state index in [9.17, 15) is 9.59 Å². The van der Waals surface area contributed by atoms with Crippen molar-refractivity contribution in [1.82, 2.24) is 14.0 Å². The van der Waals surface area contributed by atoms with Gasteiger partial charge >= 0.3 is 5.69 Å². The zero-order valence-electron chi connectivity index (χ0n) is 17.3. The number of aromatic nitrogens is 2. The lowest BCUT2D eigenvalue weighted by Crippen LogP contribution is -2.32. The van der Waals surface area contributed by atoms with Gasteiger partial charge in [0.1, 0.15) is 0 Å². The number of amides is 1. The quantitative estimate of drug-likeness (QED) is 0.586. The van der Waals surface area contributed by atoms with Crippen molar-refractivity contribution in [3.8, 4) is 11.5 Å². The van der Waals surface area contributed by atoms with Gasteiger partial charge in [0.05, 0.1) is 25.3 Å². The molecule has 0 aliphatic heterocycles. The van der Waals surface area contributed by atoms with E-state index in [2.05, 4.69) is 0 Å². The molecule has 0 fully saturated rings. The van der Waals surface area contributed by atoms with Crippen LogP contribution >= 0.6 is 0 Å². The van der Waals surface area contributed by atoms with Crippen molar-refractivity contribution >= 4 is 16.9 Å². The molecule has 0 saturated carbocycles. The van der Waals surface area contributed by atoms with E-state index in [1.165, 1.54) is 0 Å². The van der Waals surface area contributed by atoms with Crippen LogP contribution in [0, 0.1) is 0 Å². The molecule has 154 valence electrons. The highest BCUT2D eigenvalue weighted by Gasteiger charge is 2.16. The number of ether oxygens (including phenoxy) is 2. The lowest BCUT2D eigenvalue weighted by Gasteiger charge is -2.22. The lowest BCUT2D eigenvalue weighted by molar-refractivity contribution is -0.131. The first-order valence-corrected chi connectivity index (χ1v) is 9.63. The Bertz CT molecular complexity index is 1070. The predicted molar refractivity (Wildman–Crippen MR) is 112 cm³/mol. The van der Waals surface area contributed by atoms with E-state index < -0.39 is 0 Å². The minimum atomic E-state index is -0.109.